The van der Waals surface area contributed by atoms with Crippen LogP contribution in [0.1, 0.15) is 26.3 Å². The van der Waals surface area contributed by atoms with Gasteiger partial charge >= 0.3 is 6.09 Å². The molecule has 0 saturated carbocycles. The molecule has 3 N–H and O–H groups in total. The molecule has 0 saturated heterocycles. The normalized spacial score (nSPS) is 13.7. The Morgan fingerprint density at radius 1 is 1.30 bits per heavy atom. The number of nitrogen functional groups attached to an aromatic ring is 1. The molecule has 9 heteroatoms. The van der Waals surface area contributed by atoms with Crippen molar-refractivity contribution in [2.75, 3.05) is 23.8 Å². The zero-order valence-electron chi connectivity index (χ0n) is 17.1. The van der Waals surface area contributed by atoms with E-state index >= 15 is 4.39 Å². The van der Waals surface area contributed by atoms with Crippen molar-refractivity contribution in [1.82, 2.24) is 14.5 Å². The molecule has 0 spiro atoms. The summed E-state index contributed by atoms with van der Waals surface area (Å²) >= 11 is 0. The molecule has 0 atom stereocenters. The first-order valence-corrected chi connectivity index (χ1v) is 9.73. The smallest absolute Gasteiger partial charge is 0.414 e. The van der Waals surface area contributed by atoms with E-state index in [2.05, 4.69) is 9.97 Å². The second kappa shape index (κ2) is 7.24. The maximum atomic E-state index is 15.6. The molecule has 3 aromatic rings. The molecule has 2 aromatic heterocycles. The molecule has 0 radical (unpaired) electrons. The summed E-state index contributed by atoms with van der Waals surface area (Å²) in [4.78, 5) is 22.2. The van der Waals surface area contributed by atoms with Crippen molar-refractivity contribution >= 4 is 28.6 Å². The van der Waals surface area contributed by atoms with Gasteiger partial charge in [0.15, 0.2) is 0 Å². The summed E-state index contributed by atoms with van der Waals surface area (Å²) in [5.74, 6) is -0.174. The lowest BCUT2D eigenvalue weighted by Crippen LogP contribution is -2.35. The first-order valence-electron chi connectivity index (χ1n) is 9.73. The van der Waals surface area contributed by atoms with Gasteiger partial charge in [-0.1, -0.05) is 0 Å². The van der Waals surface area contributed by atoms with E-state index in [-0.39, 0.29) is 12.4 Å². The number of amides is 1. The summed E-state index contributed by atoms with van der Waals surface area (Å²) < 4.78 is 22.7. The summed E-state index contributed by atoms with van der Waals surface area (Å²) in [6, 6.07) is 3.35. The number of hydrogen-bond donors (Lipinski definition) is 2. The van der Waals surface area contributed by atoms with Crippen LogP contribution in [0.5, 0.6) is 0 Å². The van der Waals surface area contributed by atoms with Gasteiger partial charge in [-0.2, -0.15) is 0 Å². The summed E-state index contributed by atoms with van der Waals surface area (Å²) in [6.07, 6.45) is 2.95. The molecule has 4 rings (SSSR count). The minimum Gasteiger partial charge on any atom is -0.443 e. The molecule has 8 nitrogen and oxygen atoms in total. The monoisotopic (exact) mass is 413 g/mol. The van der Waals surface area contributed by atoms with Gasteiger partial charge in [-0.05, 0) is 39.3 Å². The van der Waals surface area contributed by atoms with Crippen molar-refractivity contribution < 1.29 is 19.0 Å². The minimum absolute atomic E-state index is 0.0926. The highest BCUT2D eigenvalue weighted by molar-refractivity contribution is 6.01. The Kier molecular flexibility index (Phi) is 4.85. The Balaban J connectivity index is 1.80. The first-order chi connectivity index (χ1) is 14.2. The Bertz CT molecular complexity index is 1140. The van der Waals surface area contributed by atoms with Crippen LogP contribution < -0.4 is 10.6 Å². The molecule has 1 amide bonds. The average Bonchev–Trinajstić information content (AvgIpc) is 3.25. The lowest BCUT2D eigenvalue weighted by atomic mass is 10.0. The molecule has 3 heterocycles. The largest absolute Gasteiger partial charge is 0.443 e. The number of benzene rings is 1. The molecular formula is C21H24FN5O3. The van der Waals surface area contributed by atoms with Gasteiger partial charge in [-0.3, -0.25) is 4.90 Å². The number of halogens is 1. The number of hydrogen-bond acceptors (Lipinski definition) is 6. The Hall–Kier alpha value is -3.20. The van der Waals surface area contributed by atoms with Crippen LogP contribution in [0.4, 0.5) is 20.7 Å². The van der Waals surface area contributed by atoms with Gasteiger partial charge in [0.1, 0.15) is 29.2 Å². The SMILES string of the molecule is CC(C)(C)OC(=O)N1CCc2c1ccc(-c1cn(CCO)c3ncnc(N)c13)c2F. The van der Waals surface area contributed by atoms with Gasteiger partial charge < -0.3 is 20.1 Å². The Morgan fingerprint density at radius 2 is 2.07 bits per heavy atom. The van der Waals surface area contributed by atoms with Gasteiger partial charge in [0.25, 0.3) is 0 Å². The van der Waals surface area contributed by atoms with Gasteiger partial charge in [-0.15, -0.1) is 0 Å². The molecule has 158 valence electrons. The number of anilines is 2. The quantitative estimate of drug-likeness (QED) is 0.683. The van der Waals surface area contributed by atoms with E-state index in [1.807, 2.05) is 0 Å². The van der Waals surface area contributed by atoms with Crippen LogP contribution in [0.25, 0.3) is 22.2 Å². The van der Waals surface area contributed by atoms with E-state index in [0.717, 1.165) is 0 Å². The van der Waals surface area contributed by atoms with Gasteiger partial charge in [0, 0.05) is 36.0 Å². The molecule has 1 aliphatic rings. The van der Waals surface area contributed by atoms with Crippen molar-refractivity contribution in [3.63, 3.8) is 0 Å². The predicted molar refractivity (Wildman–Crippen MR) is 112 cm³/mol. The number of rotatable bonds is 3. The average molecular weight is 413 g/mol. The maximum Gasteiger partial charge on any atom is 0.414 e. The van der Waals surface area contributed by atoms with E-state index in [1.165, 1.54) is 11.2 Å². The second-order valence-electron chi connectivity index (χ2n) is 8.22. The van der Waals surface area contributed by atoms with Crippen LogP contribution >= 0.6 is 0 Å². The van der Waals surface area contributed by atoms with Gasteiger partial charge in [-0.25, -0.2) is 19.2 Å². The molecule has 30 heavy (non-hydrogen) atoms. The Morgan fingerprint density at radius 3 is 2.77 bits per heavy atom. The number of carbonyl (C=O) groups excluding carboxylic acids is 1. The van der Waals surface area contributed by atoms with E-state index in [0.29, 0.717) is 52.9 Å². The molecule has 1 aliphatic heterocycles. The van der Waals surface area contributed by atoms with Crippen molar-refractivity contribution in [3.05, 3.63) is 36.0 Å². The van der Waals surface area contributed by atoms with Crippen LogP contribution in [0.2, 0.25) is 0 Å². The molecular weight excluding hydrogens is 389 g/mol. The van der Waals surface area contributed by atoms with Crippen molar-refractivity contribution in [2.45, 2.75) is 39.3 Å². The zero-order valence-corrected chi connectivity index (χ0v) is 17.1. The van der Waals surface area contributed by atoms with E-state index in [1.54, 1.807) is 43.7 Å². The number of ether oxygens (including phenoxy) is 1. The Labute approximate surface area is 173 Å². The third kappa shape index (κ3) is 3.35. The van der Waals surface area contributed by atoms with E-state index in [4.69, 9.17) is 10.5 Å². The summed E-state index contributed by atoms with van der Waals surface area (Å²) in [5.41, 5.74) is 7.83. The fourth-order valence-electron chi connectivity index (χ4n) is 3.79. The molecule has 1 aromatic carbocycles. The van der Waals surface area contributed by atoms with Crippen molar-refractivity contribution in [2.24, 2.45) is 0 Å². The molecule has 0 unspecified atom stereocenters. The fraction of sp³-hybridized carbons (Fsp3) is 0.381. The summed E-state index contributed by atoms with van der Waals surface area (Å²) in [5, 5.41) is 9.89. The van der Waals surface area contributed by atoms with Crippen molar-refractivity contribution in [3.8, 4) is 11.1 Å². The summed E-state index contributed by atoms with van der Waals surface area (Å²) in [7, 11) is 0. The molecule has 0 bridgehead atoms. The number of nitrogens with two attached hydrogens (primary N) is 1. The minimum atomic E-state index is -0.635. The number of aliphatic hydroxyl groups is 1. The highest BCUT2D eigenvalue weighted by atomic mass is 19.1. The van der Waals surface area contributed by atoms with Gasteiger partial charge in [0.05, 0.1) is 17.7 Å². The maximum absolute atomic E-state index is 15.6. The topological polar surface area (TPSA) is 106 Å². The fourth-order valence-corrected chi connectivity index (χ4v) is 3.79. The zero-order chi connectivity index (χ0) is 21.6. The van der Waals surface area contributed by atoms with Crippen LogP contribution in [0.3, 0.4) is 0 Å². The number of carbonyl (C=O) groups is 1. The third-order valence-corrected chi connectivity index (χ3v) is 5.02. The third-order valence-electron chi connectivity index (χ3n) is 5.02. The predicted octanol–water partition coefficient (Wildman–Crippen LogP) is 3.11. The highest BCUT2D eigenvalue weighted by Gasteiger charge is 2.32. The number of aliphatic hydroxyl groups excluding tert-OH is 1. The van der Waals surface area contributed by atoms with E-state index in [9.17, 15) is 9.90 Å². The summed E-state index contributed by atoms with van der Waals surface area (Å²) in [6.45, 7) is 5.93. The molecule has 0 aliphatic carbocycles. The highest BCUT2D eigenvalue weighted by Crippen LogP contribution is 2.40. The van der Waals surface area contributed by atoms with Crippen LogP contribution in [0.15, 0.2) is 24.7 Å². The number of fused-ring (bicyclic) bond motifs is 2. The lowest BCUT2D eigenvalue weighted by Gasteiger charge is -2.24. The van der Waals surface area contributed by atoms with Crippen molar-refractivity contribution in [1.29, 1.82) is 0 Å². The number of aromatic nitrogens is 3. The molecule has 0 fully saturated rings. The van der Waals surface area contributed by atoms with E-state index < -0.39 is 17.5 Å². The van der Waals surface area contributed by atoms with Crippen LogP contribution in [0, 0.1) is 5.82 Å². The van der Waals surface area contributed by atoms with Crippen LogP contribution in [-0.2, 0) is 17.7 Å². The van der Waals surface area contributed by atoms with Gasteiger partial charge in [0.2, 0.25) is 0 Å². The first kappa shape index (κ1) is 20.1. The van der Waals surface area contributed by atoms with Crippen LogP contribution in [-0.4, -0.2) is 44.5 Å². The second-order valence-corrected chi connectivity index (χ2v) is 8.22. The number of nitrogens with zero attached hydrogens (tertiary/aromatic N) is 4. The standard InChI is InChI=1S/C21H24FN5O3/c1-21(2,3)30-20(29)27-7-6-13-15(27)5-4-12(17(13)22)14-10-26(8-9-28)19-16(14)18(23)24-11-25-19/h4-5,10-11,28H,6-9H2,1-3H3,(H2,23,24,25). The lowest BCUT2D eigenvalue weighted by molar-refractivity contribution is 0.0584.